The summed E-state index contributed by atoms with van der Waals surface area (Å²) in [5.74, 6) is 0.232. The lowest BCUT2D eigenvalue weighted by Crippen LogP contribution is -2.34. The highest BCUT2D eigenvalue weighted by Gasteiger charge is 2.25. The van der Waals surface area contributed by atoms with Crippen LogP contribution >= 0.6 is 23.1 Å². The summed E-state index contributed by atoms with van der Waals surface area (Å²) in [6.07, 6.45) is 4.87. The second-order valence-electron chi connectivity index (χ2n) is 5.26. The molecule has 21 heavy (non-hydrogen) atoms. The van der Waals surface area contributed by atoms with Crippen LogP contribution in [0.5, 0.6) is 0 Å². The first-order valence-electron chi connectivity index (χ1n) is 7.38. The Morgan fingerprint density at radius 3 is 2.90 bits per heavy atom. The maximum absolute atomic E-state index is 12.4. The summed E-state index contributed by atoms with van der Waals surface area (Å²) in [6.45, 7) is 5.93. The fourth-order valence-corrected chi connectivity index (χ4v) is 4.54. The predicted molar refractivity (Wildman–Crippen MR) is 87.9 cm³/mol. The van der Waals surface area contributed by atoms with Crippen molar-refractivity contribution in [2.45, 2.75) is 43.4 Å². The molecule has 1 fully saturated rings. The third-order valence-corrected chi connectivity index (χ3v) is 6.04. The quantitative estimate of drug-likeness (QED) is 0.640. The molecule has 1 amide bonds. The third-order valence-electron chi connectivity index (χ3n) is 3.75. The van der Waals surface area contributed by atoms with Crippen LogP contribution in [0.1, 0.15) is 31.6 Å². The first-order chi connectivity index (χ1) is 10.2. The monoisotopic (exact) mass is 321 g/mol. The lowest BCUT2D eigenvalue weighted by molar-refractivity contribution is -0.129. The van der Waals surface area contributed by atoms with E-state index in [9.17, 15) is 4.79 Å². The Labute approximate surface area is 133 Å². The Morgan fingerprint density at radius 1 is 1.43 bits per heavy atom. The second kappa shape index (κ2) is 6.32. The highest BCUT2D eigenvalue weighted by atomic mass is 32.2. The van der Waals surface area contributed by atoms with Gasteiger partial charge in [0.05, 0.1) is 5.25 Å². The number of carbonyl (C=O) groups is 1. The fraction of sp³-hybridized carbons (Fsp3) is 0.533. The first-order valence-corrected chi connectivity index (χ1v) is 9.07. The minimum Gasteiger partial charge on any atom is -0.342 e. The minimum atomic E-state index is -0.0915. The molecule has 6 heteroatoms. The molecular formula is C15H19N3OS2. The average molecular weight is 321 g/mol. The third kappa shape index (κ3) is 3.06. The molecule has 1 aliphatic rings. The highest BCUT2D eigenvalue weighted by Crippen LogP contribution is 2.33. The number of thiophene rings is 1. The molecule has 1 saturated heterocycles. The zero-order valence-electron chi connectivity index (χ0n) is 12.3. The van der Waals surface area contributed by atoms with Crippen molar-refractivity contribution in [3.63, 3.8) is 0 Å². The Bertz CT molecular complexity index is 649. The molecule has 0 bridgehead atoms. The van der Waals surface area contributed by atoms with Crippen LogP contribution in [0.25, 0.3) is 10.2 Å². The molecule has 0 N–H and O–H groups in total. The standard InChI is InChI=1S/C15H19N3OS2/c1-3-11-8-12-13(16-9-17-14(12)21-11)20-10(2)15(19)18-6-4-5-7-18/h8-10H,3-7H2,1-2H3. The number of thioether (sulfide) groups is 1. The van der Waals surface area contributed by atoms with Crippen LogP contribution in [0.3, 0.4) is 0 Å². The summed E-state index contributed by atoms with van der Waals surface area (Å²) in [7, 11) is 0. The molecule has 0 radical (unpaired) electrons. The number of rotatable bonds is 4. The molecule has 1 unspecified atom stereocenters. The maximum atomic E-state index is 12.4. The van der Waals surface area contributed by atoms with Gasteiger partial charge < -0.3 is 4.90 Å². The molecule has 112 valence electrons. The normalized spacial score (nSPS) is 16.6. The molecule has 2 aromatic rings. The van der Waals surface area contributed by atoms with Gasteiger partial charge in [-0.3, -0.25) is 4.79 Å². The van der Waals surface area contributed by atoms with Crippen LogP contribution in [0.15, 0.2) is 17.4 Å². The largest absolute Gasteiger partial charge is 0.342 e. The van der Waals surface area contributed by atoms with E-state index in [0.29, 0.717) is 0 Å². The van der Waals surface area contributed by atoms with E-state index in [1.54, 1.807) is 29.4 Å². The van der Waals surface area contributed by atoms with Crippen LogP contribution in [-0.4, -0.2) is 39.1 Å². The van der Waals surface area contributed by atoms with Crippen molar-refractivity contribution < 1.29 is 4.79 Å². The van der Waals surface area contributed by atoms with Crippen LogP contribution in [0.4, 0.5) is 0 Å². The first kappa shape index (κ1) is 14.8. The SMILES string of the molecule is CCc1cc2c(SC(C)C(=O)N3CCCC3)ncnc2s1. The van der Waals surface area contributed by atoms with E-state index < -0.39 is 0 Å². The average Bonchev–Trinajstić information content (AvgIpc) is 3.15. The fourth-order valence-electron chi connectivity index (χ4n) is 2.56. The van der Waals surface area contributed by atoms with Crippen molar-refractivity contribution in [1.82, 2.24) is 14.9 Å². The van der Waals surface area contributed by atoms with Crippen LogP contribution in [0.2, 0.25) is 0 Å². The van der Waals surface area contributed by atoms with E-state index in [4.69, 9.17) is 0 Å². The number of fused-ring (bicyclic) bond motifs is 1. The number of aromatic nitrogens is 2. The molecule has 0 saturated carbocycles. The van der Waals surface area contributed by atoms with Gasteiger partial charge in [0.2, 0.25) is 5.91 Å². The van der Waals surface area contributed by atoms with Gasteiger partial charge in [0.15, 0.2) is 0 Å². The van der Waals surface area contributed by atoms with Crippen molar-refractivity contribution in [2.75, 3.05) is 13.1 Å². The summed E-state index contributed by atoms with van der Waals surface area (Å²) >= 11 is 3.27. The summed E-state index contributed by atoms with van der Waals surface area (Å²) in [5, 5.41) is 1.92. The Balaban J connectivity index is 1.80. The Morgan fingerprint density at radius 2 is 2.19 bits per heavy atom. The van der Waals surface area contributed by atoms with Crippen molar-refractivity contribution in [3.05, 3.63) is 17.3 Å². The van der Waals surface area contributed by atoms with Gasteiger partial charge in [-0.05, 0) is 32.3 Å². The number of carbonyl (C=O) groups excluding carboxylic acids is 1. The summed E-state index contributed by atoms with van der Waals surface area (Å²) < 4.78 is 0. The predicted octanol–water partition coefficient (Wildman–Crippen LogP) is 3.36. The van der Waals surface area contributed by atoms with Crippen molar-refractivity contribution in [2.24, 2.45) is 0 Å². The van der Waals surface area contributed by atoms with E-state index in [1.165, 1.54) is 4.88 Å². The van der Waals surface area contributed by atoms with Gasteiger partial charge in [-0.25, -0.2) is 9.97 Å². The summed E-state index contributed by atoms with van der Waals surface area (Å²) in [6, 6.07) is 2.16. The molecule has 0 aromatic carbocycles. The molecule has 4 nitrogen and oxygen atoms in total. The lowest BCUT2D eigenvalue weighted by atomic mass is 10.3. The summed E-state index contributed by atoms with van der Waals surface area (Å²) in [5.41, 5.74) is 0. The molecule has 1 atom stereocenters. The van der Waals surface area contributed by atoms with Crippen LogP contribution < -0.4 is 0 Å². The van der Waals surface area contributed by atoms with Crippen molar-refractivity contribution in [3.8, 4) is 0 Å². The van der Waals surface area contributed by atoms with Gasteiger partial charge in [-0.1, -0.05) is 18.7 Å². The molecule has 1 aliphatic heterocycles. The smallest absolute Gasteiger partial charge is 0.235 e. The highest BCUT2D eigenvalue weighted by molar-refractivity contribution is 8.00. The van der Waals surface area contributed by atoms with Crippen LogP contribution in [-0.2, 0) is 11.2 Å². The molecular weight excluding hydrogens is 302 g/mol. The van der Waals surface area contributed by atoms with E-state index in [-0.39, 0.29) is 11.2 Å². The molecule has 2 aromatic heterocycles. The van der Waals surface area contributed by atoms with Gasteiger partial charge in [-0.2, -0.15) is 0 Å². The van der Waals surface area contributed by atoms with Gasteiger partial charge in [0.1, 0.15) is 16.2 Å². The van der Waals surface area contributed by atoms with Gasteiger partial charge in [0.25, 0.3) is 0 Å². The summed E-state index contributed by atoms with van der Waals surface area (Å²) in [4.78, 5) is 25.4. The van der Waals surface area contributed by atoms with E-state index in [2.05, 4.69) is 23.0 Å². The second-order valence-corrected chi connectivity index (χ2v) is 7.70. The zero-order valence-corrected chi connectivity index (χ0v) is 14.0. The lowest BCUT2D eigenvalue weighted by Gasteiger charge is -2.19. The molecule has 3 heterocycles. The molecule has 0 spiro atoms. The number of hydrogen-bond acceptors (Lipinski definition) is 5. The molecule has 0 aliphatic carbocycles. The minimum absolute atomic E-state index is 0.0915. The van der Waals surface area contributed by atoms with E-state index >= 15 is 0 Å². The van der Waals surface area contributed by atoms with Gasteiger partial charge in [0, 0.05) is 23.4 Å². The Hall–Kier alpha value is -1.14. The van der Waals surface area contributed by atoms with Crippen LogP contribution in [0, 0.1) is 0 Å². The molecule has 3 rings (SSSR count). The Kier molecular flexibility index (Phi) is 4.45. The number of amides is 1. The number of hydrogen-bond donors (Lipinski definition) is 0. The maximum Gasteiger partial charge on any atom is 0.235 e. The zero-order chi connectivity index (χ0) is 14.8. The van der Waals surface area contributed by atoms with Gasteiger partial charge in [-0.15, -0.1) is 11.3 Å². The van der Waals surface area contributed by atoms with E-state index in [0.717, 1.165) is 47.6 Å². The van der Waals surface area contributed by atoms with Crippen molar-refractivity contribution >= 4 is 39.2 Å². The van der Waals surface area contributed by atoms with Crippen molar-refractivity contribution in [1.29, 1.82) is 0 Å². The van der Waals surface area contributed by atoms with Gasteiger partial charge >= 0.3 is 0 Å². The van der Waals surface area contributed by atoms with E-state index in [1.807, 2.05) is 11.8 Å². The topological polar surface area (TPSA) is 46.1 Å². The number of nitrogens with zero attached hydrogens (tertiary/aromatic N) is 3. The number of aryl methyl sites for hydroxylation is 1. The number of likely N-dealkylation sites (tertiary alicyclic amines) is 1.